The van der Waals surface area contributed by atoms with Crippen molar-refractivity contribution < 1.29 is 33.6 Å². The van der Waals surface area contributed by atoms with Crippen LogP contribution in [0.2, 0.25) is 0 Å². The topological polar surface area (TPSA) is 140 Å². The van der Waals surface area contributed by atoms with Gasteiger partial charge in [0.2, 0.25) is 0 Å². The lowest BCUT2D eigenvalue weighted by Crippen LogP contribution is -2.23. The summed E-state index contributed by atoms with van der Waals surface area (Å²) in [7, 11) is 0. The molecule has 0 bridgehead atoms. The van der Waals surface area contributed by atoms with Crippen molar-refractivity contribution in [1.82, 2.24) is 0 Å². The van der Waals surface area contributed by atoms with Crippen molar-refractivity contribution in [2.45, 2.75) is 6.10 Å². The fourth-order valence-electron chi connectivity index (χ4n) is 2.50. The molecule has 28 heavy (non-hydrogen) atoms. The molecule has 1 heterocycles. The van der Waals surface area contributed by atoms with Crippen LogP contribution in [0, 0.1) is 20.2 Å². The maximum Gasteiger partial charge on any atom is 0.519 e. The van der Waals surface area contributed by atoms with Crippen LogP contribution in [0.25, 0.3) is 0 Å². The average Bonchev–Trinajstić information content (AvgIpc) is 2.69. The van der Waals surface area contributed by atoms with E-state index in [9.17, 15) is 25.0 Å². The van der Waals surface area contributed by atoms with Crippen molar-refractivity contribution in [2.75, 3.05) is 19.8 Å². The Hall–Kier alpha value is -3.57. The second-order valence-electron chi connectivity index (χ2n) is 5.62. The number of rotatable bonds is 5. The normalized spacial score (nSPS) is 16.2. The summed E-state index contributed by atoms with van der Waals surface area (Å²) >= 11 is 0. The molecule has 1 unspecified atom stereocenters. The highest BCUT2D eigenvalue weighted by Gasteiger charge is 2.25. The molecule has 0 spiro atoms. The first-order valence-corrected chi connectivity index (χ1v) is 8.06. The van der Waals surface area contributed by atoms with Crippen molar-refractivity contribution >= 4 is 17.5 Å². The van der Waals surface area contributed by atoms with E-state index in [1.807, 2.05) is 0 Å². The van der Waals surface area contributed by atoms with Gasteiger partial charge in [0.1, 0.15) is 17.6 Å². The number of carbonyl (C=O) groups excluding carboxylic acids is 1. The molecular formula is C17H14N2O9. The highest BCUT2D eigenvalue weighted by Crippen LogP contribution is 2.33. The number of benzene rings is 2. The number of non-ortho nitro benzene ring substituents is 2. The van der Waals surface area contributed by atoms with E-state index in [2.05, 4.69) is 0 Å². The average molecular weight is 390 g/mol. The molecule has 11 heteroatoms. The van der Waals surface area contributed by atoms with Gasteiger partial charge in [-0.2, -0.15) is 0 Å². The quantitative estimate of drug-likeness (QED) is 0.326. The molecule has 0 aromatic heterocycles. The maximum absolute atomic E-state index is 12.1. The first-order chi connectivity index (χ1) is 13.4. The van der Waals surface area contributed by atoms with Crippen LogP contribution in [0.15, 0.2) is 42.5 Å². The number of ether oxygens (including phenoxy) is 4. The van der Waals surface area contributed by atoms with E-state index in [4.69, 9.17) is 18.9 Å². The summed E-state index contributed by atoms with van der Waals surface area (Å²) in [6.07, 6.45) is -1.75. The summed E-state index contributed by atoms with van der Waals surface area (Å²) in [6, 6.07) is 8.53. The van der Waals surface area contributed by atoms with Gasteiger partial charge in [0.25, 0.3) is 11.4 Å². The molecule has 11 nitrogen and oxygen atoms in total. The molecule has 0 N–H and O–H groups in total. The third-order valence-electron chi connectivity index (χ3n) is 3.81. The molecule has 1 aliphatic heterocycles. The fourth-order valence-corrected chi connectivity index (χ4v) is 2.50. The van der Waals surface area contributed by atoms with Crippen LogP contribution >= 0.6 is 0 Å². The van der Waals surface area contributed by atoms with Crippen molar-refractivity contribution in [1.29, 1.82) is 0 Å². The highest BCUT2D eigenvalue weighted by molar-refractivity contribution is 5.68. The first kappa shape index (κ1) is 19.2. The predicted octanol–water partition coefficient (Wildman–Crippen LogP) is 3.17. The van der Waals surface area contributed by atoms with E-state index in [0.29, 0.717) is 13.2 Å². The lowest BCUT2D eigenvalue weighted by Gasteiger charge is -2.24. The molecule has 3 rings (SSSR count). The van der Waals surface area contributed by atoms with Gasteiger partial charge in [-0.1, -0.05) is 0 Å². The van der Waals surface area contributed by atoms with Crippen LogP contribution in [-0.4, -0.2) is 35.8 Å². The van der Waals surface area contributed by atoms with Gasteiger partial charge in [-0.25, -0.2) is 4.79 Å². The Morgan fingerprint density at radius 2 is 1.64 bits per heavy atom. The SMILES string of the molecule is O=C(Oc1ccc([N+](=O)[O-])cc1)Oc1ccc([N+](=O)[O-])cc1C1COCCO1. The zero-order valence-corrected chi connectivity index (χ0v) is 14.3. The van der Waals surface area contributed by atoms with Gasteiger partial charge in [0, 0.05) is 29.8 Å². The van der Waals surface area contributed by atoms with E-state index < -0.39 is 22.1 Å². The monoisotopic (exact) mass is 390 g/mol. The molecule has 0 amide bonds. The molecule has 2 aromatic carbocycles. The Kier molecular flexibility index (Phi) is 5.77. The molecule has 1 fully saturated rings. The lowest BCUT2D eigenvalue weighted by atomic mass is 10.1. The molecular weight excluding hydrogens is 376 g/mol. The Balaban J connectivity index is 1.77. The van der Waals surface area contributed by atoms with Crippen LogP contribution in [0.5, 0.6) is 11.5 Å². The van der Waals surface area contributed by atoms with E-state index >= 15 is 0 Å². The van der Waals surface area contributed by atoms with E-state index in [1.165, 1.54) is 42.5 Å². The van der Waals surface area contributed by atoms with Gasteiger partial charge in [-0.15, -0.1) is 0 Å². The Bertz CT molecular complexity index is 892. The smallest absolute Gasteiger partial charge is 0.395 e. The van der Waals surface area contributed by atoms with Crippen molar-refractivity contribution in [3.63, 3.8) is 0 Å². The molecule has 0 aliphatic carbocycles. The Morgan fingerprint density at radius 1 is 0.964 bits per heavy atom. The van der Waals surface area contributed by atoms with E-state index in [0.717, 1.165) is 0 Å². The molecule has 0 saturated carbocycles. The lowest BCUT2D eigenvalue weighted by molar-refractivity contribution is -0.385. The van der Waals surface area contributed by atoms with Gasteiger partial charge in [-0.3, -0.25) is 20.2 Å². The number of nitro groups is 2. The molecule has 146 valence electrons. The van der Waals surface area contributed by atoms with Crippen molar-refractivity contribution in [2.24, 2.45) is 0 Å². The molecule has 2 aromatic rings. The summed E-state index contributed by atoms with van der Waals surface area (Å²) in [5.74, 6) is 0.0596. The van der Waals surface area contributed by atoms with Crippen LogP contribution in [-0.2, 0) is 9.47 Å². The van der Waals surface area contributed by atoms with Crippen LogP contribution < -0.4 is 9.47 Å². The molecule has 1 saturated heterocycles. The third-order valence-corrected chi connectivity index (χ3v) is 3.81. The van der Waals surface area contributed by atoms with E-state index in [1.54, 1.807) is 0 Å². The van der Waals surface area contributed by atoms with Crippen LogP contribution in [0.4, 0.5) is 16.2 Å². The summed E-state index contributed by atoms with van der Waals surface area (Å²) in [4.78, 5) is 32.6. The number of carbonyl (C=O) groups is 1. The minimum Gasteiger partial charge on any atom is -0.395 e. The number of hydrogen-bond acceptors (Lipinski definition) is 9. The number of nitro benzene ring substituents is 2. The van der Waals surface area contributed by atoms with Crippen LogP contribution in [0.3, 0.4) is 0 Å². The summed E-state index contributed by atoms with van der Waals surface area (Å²) in [6.45, 7) is 0.832. The molecule has 1 atom stereocenters. The second-order valence-corrected chi connectivity index (χ2v) is 5.62. The minimum absolute atomic E-state index is 0.0213. The fraction of sp³-hybridized carbons (Fsp3) is 0.235. The Morgan fingerprint density at radius 3 is 2.25 bits per heavy atom. The summed E-state index contributed by atoms with van der Waals surface area (Å²) < 4.78 is 21.0. The first-order valence-electron chi connectivity index (χ1n) is 8.06. The second kappa shape index (κ2) is 8.41. The van der Waals surface area contributed by atoms with Gasteiger partial charge in [0.05, 0.1) is 29.7 Å². The van der Waals surface area contributed by atoms with Crippen molar-refractivity contribution in [3.05, 3.63) is 68.3 Å². The third kappa shape index (κ3) is 4.58. The minimum atomic E-state index is -1.11. The summed E-state index contributed by atoms with van der Waals surface area (Å²) in [5, 5.41) is 21.7. The predicted molar refractivity (Wildman–Crippen MR) is 92.4 cm³/mol. The molecule has 1 aliphatic rings. The standard InChI is InChI=1S/C17H14N2O9/c20-17(27-13-4-1-11(2-5-13)18(21)22)28-15-6-3-12(19(23)24)9-14(15)16-10-25-7-8-26-16/h1-6,9,16H,7-8,10H2. The van der Waals surface area contributed by atoms with Gasteiger partial charge >= 0.3 is 6.16 Å². The van der Waals surface area contributed by atoms with Gasteiger partial charge in [0.15, 0.2) is 0 Å². The zero-order valence-electron chi connectivity index (χ0n) is 14.3. The molecule has 0 radical (unpaired) electrons. The summed E-state index contributed by atoms with van der Waals surface area (Å²) in [5.41, 5.74) is -0.0809. The van der Waals surface area contributed by atoms with E-state index in [-0.39, 0.29) is 35.0 Å². The van der Waals surface area contributed by atoms with Gasteiger partial charge < -0.3 is 18.9 Å². The number of nitrogens with zero attached hydrogens (tertiary/aromatic N) is 2. The van der Waals surface area contributed by atoms with Gasteiger partial charge in [-0.05, 0) is 18.2 Å². The van der Waals surface area contributed by atoms with Crippen LogP contribution in [0.1, 0.15) is 11.7 Å². The zero-order chi connectivity index (χ0) is 20.1. The maximum atomic E-state index is 12.1. The Labute approximate surface area is 157 Å². The highest BCUT2D eigenvalue weighted by atomic mass is 16.7. The number of hydrogen-bond donors (Lipinski definition) is 0. The van der Waals surface area contributed by atoms with Crippen molar-refractivity contribution in [3.8, 4) is 11.5 Å². The largest absolute Gasteiger partial charge is 0.519 e.